The summed E-state index contributed by atoms with van der Waals surface area (Å²) in [6, 6.07) is 1.94. The predicted octanol–water partition coefficient (Wildman–Crippen LogP) is 1.96. The van der Waals surface area contributed by atoms with Gasteiger partial charge >= 0.3 is 0 Å². The number of hydrogen-bond donors (Lipinski definition) is 0. The molecule has 1 aliphatic rings. The number of alkyl halides is 1. The van der Waals surface area contributed by atoms with Gasteiger partial charge in [-0.2, -0.15) is 0 Å². The number of hydrogen-bond acceptors (Lipinski definition) is 3. The van der Waals surface area contributed by atoms with Crippen molar-refractivity contribution in [2.24, 2.45) is 5.92 Å². The van der Waals surface area contributed by atoms with Crippen molar-refractivity contribution in [2.75, 3.05) is 23.9 Å². The second-order valence-electron chi connectivity index (χ2n) is 3.32. The second kappa shape index (κ2) is 5.37. The summed E-state index contributed by atoms with van der Waals surface area (Å²) in [5, 5.41) is 0. The second-order valence-corrected chi connectivity index (χ2v) is 3.63. The van der Waals surface area contributed by atoms with Gasteiger partial charge in [-0.1, -0.05) is 0 Å². The highest BCUT2D eigenvalue weighted by Crippen LogP contribution is 2.21. The van der Waals surface area contributed by atoms with E-state index in [0.29, 0.717) is 5.92 Å². The molecular formula is C9H13Cl2N3. The minimum atomic E-state index is 0. The van der Waals surface area contributed by atoms with Crippen molar-refractivity contribution in [3.05, 3.63) is 18.6 Å². The average Bonchev–Trinajstić information content (AvgIpc) is 2.67. The molecular weight excluding hydrogens is 221 g/mol. The molecule has 3 nitrogen and oxygen atoms in total. The Morgan fingerprint density at radius 3 is 3.00 bits per heavy atom. The van der Waals surface area contributed by atoms with Crippen LogP contribution in [0.5, 0.6) is 0 Å². The molecule has 0 radical (unpaired) electrons. The Morgan fingerprint density at radius 1 is 1.57 bits per heavy atom. The summed E-state index contributed by atoms with van der Waals surface area (Å²) in [6.45, 7) is 2.09. The van der Waals surface area contributed by atoms with E-state index in [4.69, 9.17) is 11.6 Å². The van der Waals surface area contributed by atoms with Gasteiger partial charge in [-0.25, -0.2) is 9.97 Å². The maximum absolute atomic E-state index is 5.80. The third kappa shape index (κ3) is 2.49. The zero-order chi connectivity index (χ0) is 9.10. The van der Waals surface area contributed by atoms with E-state index in [-0.39, 0.29) is 12.4 Å². The monoisotopic (exact) mass is 233 g/mol. The molecule has 1 aromatic heterocycles. The molecule has 14 heavy (non-hydrogen) atoms. The van der Waals surface area contributed by atoms with Crippen molar-refractivity contribution in [3.8, 4) is 0 Å². The third-order valence-corrected chi connectivity index (χ3v) is 2.83. The fourth-order valence-corrected chi connectivity index (χ4v) is 1.89. The fraction of sp³-hybridized carbons (Fsp3) is 0.556. The molecule has 5 heteroatoms. The maximum Gasteiger partial charge on any atom is 0.131 e. The van der Waals surface area contributed by atoms with Gasteiger partial charge in [-0.15, -0.1) is 24.0 Å². The highest BCUT2D eigenvalue weighted by atomic mass is 35.5. The number of aromatic nitrogens is 2. The third-order valence-electron chi connectivity index (χ3n) is 2.39. The first kappa shape index (κ1) is 11.5. The van der Waals surface area contributed by atoms with E-state index in [1.54, 1.807) is 12.5 Å². The van der Waals surface area contributed by atoms with Gasteiger partial charge in [-0.05, 0) is 18.4 Å². The molecule has 1 fully saturated rings. The van der Waals surface area contributed by atoms with Crippen LogP contribution < -0.4 is 4.90 Å². The normalized spacial score (nSPS) is 20.6. The molecule has 1 unspecified atom stereocenters. The quantitative estimate of drug-likeness (QED) is 0.732. The molecule has 1 saturated heterocycles. The Balaban J connectivity index is 0.000000980. The lowest BCUT2D eigenvalue weighted by molar-refractivity contribution is 0.666. The average molecular weight is 234 g/mol. The van der Waals surface area contributed by atoms with Crippen LogP contribution in [0.15, 0.2) is 18.6 Å². The Hall–Kier alpha value is -0.540. The summed E-state index contributed by atoms with van der Waals surface area (Å²) in [5.74, 6) is 2.39. The molecule has 1 aromatic rings. The summed E-state index contributed by atoms with van der Waals surface area (Å²) in [4.78, 5) is 10.4. The summed E-state index contributed by atoms with van der Waals surface area (Å²) in [7, 11) is 0. The van der Waals surface area contributed by atoms with Gasteiger partial charge in [0.05, 0.1) is 0 Å². The molecule has 2 rings (SSSR count). The SMILES string of the molecule is Cl.ClCC1CCN(c2ccncn2)C1. The Bertz CT molecular complexity index is 268. The first-order chi connectivity index (χ1) is 6.40. The van der Waals surface area contributed by atoms with E-state index in [1.807, 2.05) is 6.07 Å². The summed E-state index contributed by atoms with van der Waals surface area (Å²) >= 11 is 5.80. The largest absolute Gasteiger partial charge is 0.356 e. The van der Waals surface area contributed by atoms with Gasteiger partial charge in [-0.3, -0.25) is 0 Å². The maximum atomic E-state index is 5.80. The lowest BCUT2D eigenvalue weighted by atomic mass is 10.2. The minimum Gasteiger partial charge on any atom is -0.356 e. The van der Waals surface area contributed by atoms with Crippen LogP contribution in [0.2, 0.25) is 0 Å². The van der Waals surface area contributed by atoms with Gasteiger partial charge in [0.25, 0.3) is 0 Å². The van der Waals surface area contributed by atoms with E-state index in [9.17, 15) is 0 Å². The van der Waals surface area contributed by atoms with Gasteiger partial charge in [0.15, 0.2) is 0 Å². The van der Waals surface area contributed by atoms with E-state index in [2.05, 4.69) is 14.9 Å². The molecule has 0 aromatic carbocycles. The Morgan fingerprint density at radius 2 is 2.43 bits per heavy atom. The predicted molar refractivity (Wildman–Crippen MR) is 60.3 cm³/mol. The zero-order valence-corrected chi connectivity index (χ0v) is 9.34. The van der Waals surface area contributed by atoms with E-state index >= 15 is 0 Å². The lowest BCUT2D eigenvalue weighted by Crippen LogP contribution is -2.20. The van der Waals surface area contributed by atoms with Gasteiger partial charge in [0, 0.05) is 25.2 Å². The molecule has 1 atom stereocenters. The zero-order valence-electron chi connectivity index (χ0n) is 7.77. The van der Waals surface area contributed by atoms with Crippen molar-refractivity contribution in [1.29, 1.82) is 0 Å². The first-order valence-corrected chi connectivity index (χ1v) is 5.00. The molecule has 2 heterocycles. The summed E-state index contributed by atoms with van der Waals surface area (Å²) in [5.41, 5.74) is 0. The van der Waals surface area contributed by atoms with Crippen molar-refractivity contribution >= 4 is 29.8 Å². The molecule has 0 aliphatic carbocycles. The van der Waals surface area contributed by atoms with E-state index < -0.39 is 0 Å². The standard InChI is InChI=1S/C9H12ClN3.ClH/c10-5-8-2-4-13(6-8)9-1-3-11-7-12-9;/h1,3,7-8H,2,4-6H2;1H. The smallest absolute Gasteiger partial charge is 0.131 e. The van der Waals surface area contributed by atoms with Gasteiger partial charge < -0.3 is 4.90 Å². The molecule has 0 saturated carbocycles. The van der Waals surface area contributed by atoms with E-state index in [1.165, 1.54) is 6.42 Å². The molecule has 0 spiro atoms. The number of nitrogens with zero attached hydrogens (tertiary/aromatic N) is 3. The summed E-state index contributed by atoms with van der Waals surface area (Å²) < 4.78 is 0. The van der Waals surface area contributed by atoms with Crippen LogP contribution in [0.25, 0.3) is 0 Å². The van der Waals surface area contributed by atoms with Crippen LogP contribution >= 0.6 is 24.0 Å². The van der Waals surface area contributed by atoms with Crippen molar-refractivity contribution in [3.63, 3.8) is 0 Å². The lowest BCUT2D eigenvalue weighted by Gasteiger charge is -2.15. The molecule has 0 N–H and O–H groups in total. The van der Waals surface area contributed by atoms with Crippen molar-refractivity contribution in [1.82, 2.24) is 9.97 Å². The van der Waals surface area contributed by atoms with Crippen molar-refractivity contribution in [2.45, 2.75) is 6.42 Å². The van der Waals surface area contributed by atoms with Crippen molar-refractivity contribution < 1.29 is 0 Å². The van der Waals surface area contributed by atoms with Crippen LogP contribution in [0.3, 0.4) is 0 Å². The van der Waals surface area contributed by atoms with Crippen LogP contribution in [0, 0.1) is 5.92 Å². The summed E-state index contributed by atoms with van der Waals surface area (Å²) in [6.07, 6.45) is 4.53. The van der Waals surface area contributed by atoms with Crippen LogP contribution in [-0.2, 0) is 0 Å². The molecule has 0 amide bonds. The van der Waals surface area contributed by atoms with E-state index in [0.717, 1.165) is 24.8 Å². The number of halogens is 2. The fourth-order valence-electron chi connectivity index (χ4n) is 1.64. The number of rotatable bonds is 2. The highest BCUT2D eigenvalue weighted by Gasteiger charge is 2.22. The van der Waals surface area contributed by atoms with Crippen LogP contribution in [0.4, 0.5) is 5.82 Å². The molecule has 0 bridgehead atoms. The van der Waals surface area contributed by atoms with Crippen LogP contribution in [-0.4, -0.2) is 28.9 Å². The highest BCUT2D eigenvalue weighted by molar-refractivity contribution is 6.18. The number of anilines is 1. The van der Waals surface area contributed by atoms with Gasteiger partial charge in [0.1, 0.15) is 12.1 Å². The molecule has 1 aliphatic heterocycles. The Kier molecular flexibility index (Phi) is 4.42. The van der Waals surface area contributed by atoms with Crippen LogP contribution in [0.1, 0.15) is 6.42 Å². The first-order valence-electron chi connectivity index (χ1n) is 4.47. The minimum absolute atomic E-state index is 0. The molecule has 78 valence electrons. The topological polar surface area (TPSA) is 29.0 Å². The Labute approximate surface area is 94.9 Å². The van der Waals surface area contributed by atoms with Gasteiger partial charge in [0.2, 0.25) is 0 Å².